The van der Waals surface area contributed by atoms with Crippen molar-refractivity contribution in [3.8, 4) is 11.3 Å². The summed E-state index contributed by atoms with van der Waals surface area (Å²) in [4.78, 5) is 31.8. The number of carbonyl (C=O) groups excluding carboxylic acids is 2. The second kappa shape index (κ2) is 9.19. The molecule has 2 amide bonds. The summed E-state index contributed by atoms with van der Waals surface area (Å²) in [6.45, 7) is 3.71. The van der Waals surface area contributed by atoms with Gasteiger partial charge >= 0.3 is 0 Å². The highest BCUT2D eigenvalue weighted by Crippen LogP contribution is 2.30. The molecular weight excluding hydrogens is 366 g/mol. The van der Waals surface area contributed by atoms with Gasteiger partial charge in [-0.15, -0.1) is 23.1 Å². The number of carbonyl (C=O) groups is 2. The number of thiazole rings is 1. The van der Waals surface area contributed by atoms with Gasteiger partial charge in [-0.2, -0.15) is 0 Å². The van der Waals surface area contributed by atoms with Gasteiger partial charge in [-0.05, 0) is 26.2 Å². The molecule has 26 heavy (non-hydrogen) atoms. The van der Waals surface area contributed by atoms with E-state index >= 15 is 0 Å². The van der Waals surface area contributed by atoms with Crippen LogP contribution in [0.4, 0.5) is 5.13 Å². The number of hydrogen-bond donors (Lipinski definition) is 1. The van der Waals surface area contributed by atoms with Gasteiger partial charge in [0.2, 0.25) is 11.8 Å². The van der Waals surface area contributed by atoms with Crippen molar-refractivity contribution >= 4 is 40.0 Å². The summed E-state index contributed by atoms with van der Waals surface area (Å²) in [6.07, 6.45) is 3.38. The van der Waals surface area contributed by atoms with E-state index in [0.29, 0.717) is 10.9 Å². The van der Waals surface area contributed by atoms with E-state index in [1.165, 1.54) is 29.5 Å². The van der Waals surface area contributed by atoms with Crippen LogP contribution in [0.15, 0.2) is 30.3 Å². The zero-order valence-electron chi connectivity index (χ0n) is 14.9. The van der Waals surface area contributed by atoms with Crippen LogP contribution in [-0.2, 0) is 9.59 Å². The van der Waals surface area contributed by atoms with Crippen LogP contribution >= 0.6 is 23.1 Å². The Bertz CT molecular complexity index is 755. The normalized spacial score (nSPS) is 14.3. The van der Waals surface area contributed by atoms with Crippen LogP contribution in [-0.4, -0.2) is 46.3 Å². The number of likely N-dealkylation sites (tertiary alicyclic amines) is 1. The number of aryl methyl sites for hydroxylation is 1. The first kappa shape index (κ1) is 18.9. The van der Waals surface area contributed by atoms with Gasteiger partial charge in [0.05, 0.1) is 17.2 Å². The van der Waals surface area contributed by atoms with Crippen molar-refractivity contribution in [3.63, 3.8) is 0 Å². The van der Waals surface area contributed by atoms with E-state index in [1.807, 2.05) is 42.2 Å². The third-order valence-corrected chi connectivity index (χ3v) is 6.06. The highest BCUT2D eigenvalue weighted by molar-refractivity contribution is 8.00. The number of amides is 2. The van der Waals surface area contributed by atoms with Crippen LogP contribution in [0.2, 0.25) is 0 Å². The number of aromatic nitrogens is 1. The molecule has 0 spiro atoms. The molecule has 5 nitrogen and oxygen atoms in total. The molecule has 1 saturated heterocycles. The highest BCUT2D eigenvalue weighted by atomic mass is 32.2. The molecule has 0 aliphatic carbocycles. The monoisotopic (exact) mass is 389 g/mol. The summed E-state index contributed by atoms with van der Waals surface area (Å²) in [5, 5.41) is 3.45. The number of benzene rings is 1. The SMILES string of the molecule is Cc1sc(NC(=O)CSCC(=O)N2CCCCC2)nc1-c1ccccc1. The number of thioether (sulfide) groups is 1. The molecule has 2 aromatic rings. The Morgan fingerprint density at radius 3 is 2.62 bits per heavy atom. The van der Waals surface area contributed by atoms with Gasteiger partial charge in [0.15, 0.2) is 5.13 Å². The first-order chi connectivity index (χ1) is 12.6. The Kier molecular flexibility index (Phi) is 6.68. The van der Waals surface area contributed by atoms with E-state index in [1.54, 1.807) is 0 Å². The van der Waals surface area contributed by atoms with E-state index in [2.05, 4.69) is 10.3 Å². The zero-order valence-corrected chi connectivity index (χ0v) is 16.5. The van der Waals surface area contributed by atoms with E-state index in [4.69, 9.17) is 0 Å². The highest BCUT2D eigenvalue weighted by Gasteiger charge is 2.17. The fourth-order valence-electron chi connectivity index (χ4n) is 2.93. The number of anilines is 1. The first-order valence-electron chi connectivity index (χ1n) is 8.81. The Balaban J connectivity index is 1.47. The number of rotatable bonds is 6. The topological polar surface area (TPSA) is 62.3 Å². The van der Waals surface area contributed by atoms with Gasteiger partial charge in [0.1, 0.15) is 0 Å². The maximum absolute atomic E-state index is 12.1. The maximum atomic E-state index is 12.1. The molecule has 1 aliphatic heterocycles. The molecule has 1 aromatic heterocycles. The molecule has 0 unspecified atom stereocenters. The molecule has 0 atom stereocenters. The van der Waals surface area contributed by atoms with E-state index < -0.39 is 0 Å². The number of hydrogen-bond acceptors (Lipinski definition) is 5. The number of piperidine rings is 1. The van der Waals surface area contributed by atoms with Crippen LogP contribution in [0.1, 0.15) is 24.1 Å². The Hall–Kier alpha value is -1.86. The van der Waals surface area contributed by atoms with E-state index in [-0.39, 0.29) is 17.6 Å². The van der Waals surface area contributed by atoms with Crippen LogP contribution in [0, 0.1) is 6.92 Å². The molecule has 0 radical (unpaired) electrons. The van der Waals surface area contributed by atoms with Crippen molar-refractivity contribution < 1.29 is 9.59 Å². The minimum atomic E-state index is -0.116. The molecule has 2 heterocycles. The van der Waals surface area contributed by atoms with Crippen molar-refractivity contribution in [2.45, 2.75) is 26.2 Å². The predicted octanol–water partition coefficient (Wildman–Crippen LogP) is 3.80. The first-order valence-corrected chi connectivity index (χ1v) is 10.8. The molecule has 0 saturated carbocycles. The van der Waals surface area contributed by atoms with Gasteiger partial charge in [-0.1, -0.05) is 30.3 Å². The number of nitrogens with one attached hydrogen (secondary N) is 1. The van der Waals surface area contributed by atoms with Crippen LogP contribution < -0.4 is 5.32 Å². The molecule has 0 bridgehead atoms. The molecule has 1 N–H and O–H groups in total. The summed E-state index contributed by atoms with van der Waals surface area (Å²) >= 11 is 2.84. The largest absolute Gasteiger partial charge is 0.342 e. The Labute approximate surface area is 162 Å². The summed E-state index contributed by atoms with van der Waals surface area (Å²) in [5.41, 5.74) is 1.95. The predicted molar refractivity (Wildman–Crippen MR) is 109 cm³/mol. The van der Waals surface area contributed by atoms with Crippen molar-refractivity contribution in [2.75, 3.05) is 29.9 Å². The quantitative estimate of drug-likeness (QED) is 0.816. The lowest BCUT2D eigenvalue weighted by Crippen LogP contribution is -2.37. The smallest absolute Gasteiger partial charge is 0.236 e. The third kappa shape index (κ3) is 5.08. The molecule has 138 valence electrons. The lowest BCUT2D eigenvalue weighted by Gasteiger charge is -2.26. The Morgan fingerprint density at radius 1 is 1.15 bits per heavy atom. The van der Waals surface area contributed by atoms with Crippen molar-refractivity contribution in [3.05, 3.63) is 35.2 Å². The molecule has 1 fully saturated rings. The van der Waals surface area contributed by atoms with Crippen LogP contribution in [0.3, 0.4) is 0 Å². The van der Waals surface area contributed by atoms with Gasteiger partial charge in [0, 0.05) is 23.5 Å². The summed E-state index contributed by atoms with van der Waals surface area (Å²) < 4.78 is 0. The second-order valence-electron chi connectivity index (χ2n) is 6.27. The third-order valence-electron chi connectivity index (χ3n) is 4.26. The summed E-state index contributed by atoms with van der Waals surface area (Å²) in [5.74, 6) is 0.645. The van der Waals surface area contributed by atoms with Crippen molar-refractivity contribution in [1.82, 2.24) is 9.88 Å². The van der Waals surface area contributed by atoms with Crippen molar-refractivity contribution in [2.24, 2.45) is 0 Å². The van der Waals surface area contributed by atoms with Crippen LogP contribution in [0.25, 0.3) is 11.3 Å². The zero-order chi connectivity index (χ0) is 18.4. The fraction of sp³-hybridized carbons (Fsp3) is 0.421. The van der Waals surface area contributed by atoms with Gasteiger partial charge in [0.25, 0.3) is 0 Å². The van der Waals surface area contributed by atoms with Gasteiger partial charge in [-0.3, -0.25) is 9.59 Å². The molecule has 7 heteroatoms. The minimum absolute atomic E-state index is 0.116. The molecule has 1 aliphatic rings. The average Bonchev–Trinajstić information content (AvgIpc) is 3.03. The second-order valence-corrected chi connectivity index (χ2v) is 8.46. The van der Waals surface area contributed by atoms with E-state index in [0.717, 1.165) is 42.1 Å². The maximum Gasteiger partial charge on any atom is 0.236 e. The summed E-state index contributed by atoms with van der Waals surface area (Å²) in [7, 11) is 0. The molecular formula is C19H23N3O2S2. The lowest BCUT2D eigenvalue weighted by molar-refractivity contribution is -0.129. The van der Waals surface area contributed by atoms with E-state index in [9.17, 15) is 9.59 Å². The van der Waals surface area contributed by atoms with Crippen LogP contribution in [0.5, 0.6) is 0 Å². The molecule has 1 aromatic carbocycles. The van der Waals surface area contributed by atoms with Gasteiger partial charge in [-0.25, -0.2) is 4.98 Å². The summed E-state index contributed by atoms with van der Waals surface area (Å²) in [6, 6.07) is 9.94. The van der Waals surface area contributed by atoms with Gasteiger partial charge < -0.3 is 10.2 Å². The standard InChI is InChI=1S/C19H23N3O2S2/c1-14-18(15-8-4-2-5-9-15)21-19(26-14)20-16(23)12-25-13-17(24)22-10-6-3-7-11-22/h2,4-5,8-9H,3,6-7,10-13H2,1H3,(H,20,21,23). The average molecular weight is 390 g/mol. The minimum Gasteiger partial charge on any atom is -0.342 e. The lowest BCUT2D eigenvalue weighted by atomic mass is 10.1. The van der Waals surface area contributed by atoms with Crippen molar-refractivity contribution in [1.29, 1.82) is 0 Å². The Morgan fingerprint density at radius 2 is 1.88 bits per heavy atom. The number of nitrogens with zero attached hydrogens (tertiary/aromatic N) is 2. The fourth-order valence-corrected chi connectivity index (χ4v) is 4.50. The molecule has 3 rings (SSSR count).